The molecular weight excluding hydrogens is 346 g/mol. The van der Waals surface area contributed by atoms with E-state index in [0.29, 0.717) is 12.0 Å². The number of aromatic nitrogens is 1. The van der Waals surface area contributed by atoms with Gasteiger partial charge in [-0.2, -0.15) is 0 Å². The largest absolute Gasteiger partial charge is 0.361 e. The third-order valence-corrected chi connectivity index (χ3v) is 6.46. The fourth-order valence-corrected chi connectivity index (χ4v) is 5.30. The molecule has 1 amide bonds. The number of nitrogens with one attached hydrogen (secondary N) is 2. The van der Waals surface area contributed by atoms with Crippen molar-refractivity contribution in [2.45, 2.75) is 44.2 Å². The highest BCUT2D eigenvalue weighted by Crippen LogP contribution is 2.43. The molecule has 2 aromatic carbocycles. The Morgan fingerprint density at radius 2 is 2.04 bits per heavy atom. The van der Waals surface area contributed by atoms with Crippen LogP contribution < -0.4 is 5.32 Å². The number of hydrogen-bond donors (Lipinski definition) is 2. The average molecular weight is 374 g/mol. The number of benzene rings is 2. The number of likely N-dealkylation sites (tertiary alicyclic amines) is 1. The first kappa shape index (κ1) is 17.5. The minimum atomic E-state index is 0.0388. The maximum absolute atomic E-state index is 12.8. The second-order valence-corrected chi connectivity index (χ2v) is 8.23. The number of carbonyl (C=O) groups is 1. The van der Waals surface area contributed by atoms with E-state index in [0.717, 1.165) is 37.9 Å². The summed E-state index contributed by atoms with van der Waals surface area (Å²) in [6.07, 6.45) is 5.43. The van der Waals surface area contributed by atoms with Crippen LogP contribution >= 0.6 is 0 Å². The quantitative estimate of drug-likeness (QED) is 0.724. The molecule has 4 nitrogen and oxygen atoms in total. The predicted molar refractivity (Wildman–Crippen MR) is 113 cm³/mol. The van der Waals surface area contributed by atoms with Crippen LogP contribution in [0.4, 0.5) is 0 Å². The molecule has 2 N–H and O–H groups in total. The third-order valence-electron chi connectivity index (χ3n) is 6.46. The molecule has 1 aliphatic carbocycles. The summed E-state index contributed by atoms with van der Waals surface area (Å²) in [5.74, 6) is 0.505. The number of H-pyrrole nitrogens is 1. The molecule has 1 fully saturated rings. The van der Waals surface area contributed by atoms with E-state index in [1.807, 2.05) is 30.3 Å². The number of aromatic amines is 1. The second kappa shape index (κ2) is 7.10. The van der Waals surface area contributed by atoms with Crippen LogP contribution in [0, 0.1) is 0 Å². The molecule has 0 saturated carbocycles. The molecule has 3 aromatic rings. The van der Waals surface area contributed by atoms with Crippen LogP contribution in [-0.2, 0) is 6.42 Å². The highest BCUT2D eigenvalue weighted by molar-refractivity contribution is 5.94. The Kier molecular flexibility index (Phi) is 4.44. The van der Waals surface area contributed by atoms with Crippen LogP contribution in [0.1, 0.15) is 47.2 Å². The number of hydrogen-bond acceptors (Lipinski definition) is 2. The Balaban J connectivity index is 1.45. The van der Waals surface area contributed by atoms with Crippen molar-refractivity contribution in [3.8, 4) is 0 Å². The summed E-state index contributed by atoms with van der Waals surface area (Å²) in [6.45, 7) is 4.25. The van der Waals surface area contributed by atoms with Crippen molar-refractivity contribution in [3.05, 3.63) is 71.4 Å². The average Bonchev–Trinajstić information content (AvgIpc) is 3.14. The zero-order chi connectivity index (χ0) is 19.1. The maximum Gasteiger partial charge on any atom is 0.251 e. The van der Waals surface area contributed by atoms with E-state index in [2.05, 4.69) is 46.5 Å². The molecule has 3 atom stereocenters. The van der Waals surface area contributed by atoms with Gasteiger partial charge in [0.1, 0.15) is 0 Å². The molecule has 2 heterocycles. The number of fused-ring (bicyclic) bond motifs is 2. The summed E-state index contributed by atoms with van der Waals surface area (Å²) in [5.41, 5.74) is 4.87. The van der Waals surface area contributed by atoms with Crippen molar-refractivity contribution in [1.29, 1.82) is 0 Å². The van der Waals surface area contributed by atoms with E-state index < -0.39 is 0 Å². The molecule has 1 aliphatic heterocycles. The molecule has 5 rings (SSSR count). The van der Waals surface area contributed by atoms with Gasteiger partial charge < -0.3 is 10.3 Å². The van der Waals surface area contributed by atoms with E-state index in [1.165, 1.54) is 22.0 Å². The number of nitrogens with zero attached hydrogens (tertiary/aromatic N) is 1. The standard InChI is InChI=1S/C24H27N3O/c1-2-11-27-15-18(26-24(28)16-7-4-3-5-8-16)13-20-19-9-6-10-21-23(19)17(14-25-21)12-22(20)27/h3-10,14,18,20,22,25H,2,11-13,15H2,1H3,(H,26,28)/t18?,20-,22-/m1/s1. The number of amides is 1. The zero-order valence-electron chi connectivity index (χ0n) is 16.3. The second-order valence-electron chi connectivity index (χ2n) is 8.23. The lowest BCUT2D eigenvalue weighted by atomic mass is 9.73. The summed E-state index contributed by atoms with van der Waals surface area (Å²) >= 11 is 0. The Hall–Kier alpha value is -2.59. The lowest BCUT2D eigenvalue weighted by Gasteiger charge is -2.47. The monoisotopic (exact) mass is 373 g/mol. The van der Waals surface area contributed by atoms with Gasteiger partial charge in [-0.1, -0.05) is 37.3 Å². The highest BCUT2D eigenvalue weighted by Gasteiger charge is 2.40. The van der Waals surface area contributed by atoms with E-state index in [4.69, 9.17) is 0 Å². The molecule has 144 valence electrons. The van der Waals surface area contributed by atoms with Gasteiger partial charge in [-0.25, -0.2) is 0 Å². The van der Waals surface area contributed by atoms with Gasteiger partial charge in [-0.15, -0.1) is 0 Å². The van der Waals surface area contributed by atoms with E-state index in [1.54, 1.807) is 0 Å². The van der Waals surface area contributed by atoms with Crippen molar-refractivity contribution in [2.75, 3.05) is 13.1 Å². The lowest BCUT2D eigenvalue weighted by molar-refractivity contribution is 0.0786. The molecule has 0 spiro atoms. The fraction of sp³-hybridized carbons (Fsp3) is 0.375. The molecule has 28 heavy (non-hydrogen) atoms. The molecule has 2 aliphatic rings. The third kappa shape index (κ3) is 2.92. The van der Waals surface area contributed by atoms with Crippen LogP contribution in [0.25, 0.3) is 10.9 Å². The number of piperidine rings is 1. The van der Waals surface area contributed by atoms with Gasteiger partial charge in [0.05, 0.1) is 0 Å². The van der Waals surface area contributed by atoms with Crippen molar-refractivity contribution in [3.63, 3.8) is 0 Å². The van der Waals surface area contributed by atoms with Crippen molar-refractivity contribution < 1.29 is 4.79 Å². The van der Waals surface area contributed by atoms with E-state index >= 15 is 0 Å². The van der Waals surface area contributed by atoms with Gasteiger partial charge in [-0.3, -0.25) is 9.69 Å². The van der Waals surface area contributed by atoms with Crippen LogP contribution in [0.5, 0.6) is 0 Å². The van der Waals surface area contributed by atoms with E-state index in [-0.39, 0.29) is 11.9 Å². The smallest absolute Gasteiger partial charge is 0.251 e. The molecule has 0 radical (unpaired) electrons. The Bertz CT molecular complexity index is 994. The first-order valence-electron chi connectivity index (χ1n) is 10.4. The van der Waals surface area contributed by atoms with Crippen molar-refractivity contribution in [2.24, 2.45) is 0 Å². The number of carbonyl (C=O) groups excluding carboxylic acids is 1. The summed E-state index contributed by atoms with van der Waals surface area (Å²) in [6, 6.07) is 16.9. The van der Waals surface area contributed by atoms with Gasteiger partial charge in [0.25, 0.3) is 5.91 Å². The summed E-state index contributed by atoms with van der Waals surface area (Å²) in [7, 11) is 0. The SMILES string of the molecule is CCCN1CC(NC(=O)c2ccccc2)C[C@@H]2c3cccc4[nH]cc(c34)C[C@H]21. The van der Waals surface area contributed by atoms with Crippen molar-refractivity contribution >= 4 is 16.8 Å². The molecule has 0 bridgehead atoms. The van der Waals surface area contributed by atoms with Gasteiger partial charge >= 0.3 is 0 Å². The predicted octanol–water partition coefficient (Wildman–Crippen LogP) is 4.09. The Morgan fingerprint density at radius 3 is 2.86 bits per heavy atom. The minimum Gasteiger partial charge on any atom is -0.361 e. The molecule has 1 unspecified atom stereocenters. The Labute approximate surface area is 165 Å². The summed E-state index contributed by atoms with van der Waals surface area (Å²) < 4.78 is 0. The lowest BCUT2D eigenvalue weighted by Crippen LogP contribution is -2.56. The topological polar surface area (TPSA) is 48.1 Å². The minimum absolute atomic E-state index is 0.0388. The van der Waals surface area contributed by atoms with Crippen LogP contribution in [0.15, 0.2) is 54.7 Å². The number of rotatable bonds is 4. The highest BCUT2D eigenvalue weighted by atomic mass is 16.1. The summed E-state index contributed by atoms with van der Waals surface area (Å²) in [4.78, 5) is 18.8. The molecule has 1 aromatic heterocycles. The first-order chi connectivity index (χ1) is 13.7. The van der Waals surface area contributed by atoms with Gasteiger partial charge in [0.2, 0.25) is 0 Å². The normalized spacial score (nSPS) is 24.1. The van der Waals surface area contributed by atoms with Crippen LogP contribution in [-0.4, -0.2) is 41.0 Å². The Morgan fingerprint density at radius 1 is 1.18 bits per heavy atom. The zero-order valence-corrected chi connectivity index (χ0v) is 16.3. The van der Waals surface area contributed by atoms with Gasteiger partial charge in [0, 0.05) is 47.2 Å². The molecule has 1 saturated heterocycles. The fourth-order valence-electron chi connectivity index (χ4n) is 5.30. The van der Waals surface area contributed by atoms with E-state index in [9.17, 15) is 4.79 Å². The molecule has 4 heteroatoms. The van der Waals surface area contributed by atoms with Crippen molar-refractivity contribution in [1.82, 2.24) is 15.2 Å². The molecular formula is C24H27N3O. The van der Waals surface area contributed by atoms with Gasteiger partial charge in [0.15, 0.2) is 0 Å². The maximum atomic E-state index is 12.8. The first-order valence-corrected chi connectivity index (χ1v) is 10.4. The van der Waals surface area contributed by atoms with Crippen LogP contribution in [0.3, 0.4) is 0 Å². The summed E-state index contributed by atoms with van der Waals surface area (Å²) in [5, 5.41) is 4.73. The van der Waals surface area contributed by atoms with Gasteiger partial charge in [-0.05, 0) is 55.1 Å². The van der Waals surface area contributed by atoms with Crippen LogP contribution in [0.2, 0.25) is 0 Å².